The molecule has 2 aliphatic rings. The van der Waals surface area contributed by atoms with Gasteiger partial charge in [-0.05, 0) is 43.4 Å². The number of benzene rings is 1. The Morgan fingerprint density at radius 3 is 3.00 bits per heavy atom. The lowest BCUT2D eigenvalue weighted by molar-refractivity contribution is 0.188. The molecule has 1 N–H and O–H groups in total. The zero-order valence-corrected chi connectivity index (χ0v) is 12.1. The fraction of sp³-hybridized carbons (Fsp3) is 0.533. The first kappa shape index (κ1) is 12.9. The SMILES string of the molecule is Cc1cccc(NC(=O)N2CCSC[C@@H]2C2CC2)c1. The van der Waals surface area contributed by atoms with Crippen molar-refractivity contribution in [3.05, 3.63) is 29.8 Å². The van der Waals surface area contributed by atoms with Crippen molar-refractivity contribution in [3.8, 4) is 0 Å². The number of carbonyl (C=O) groups is 1. The van der Waals surface area contributed by atoms with Gasteiger partial charge < -0.3 is 10.2 Å². The highest BCUT2D eigenvalue weighted by atomic mass is 32.2. The molecule has 0 aromatic heterocycles. The number of hydrogen-bond acceptors (Lipinski definition) is 2. The lowest BCUT2D eigenvalue weighted by Gasteiger charge is -2.35. The fourth-order valence-corrected chi connectivity index (χ4v) is 3.85. The summed E-state index contributed by atoms with van der Waals surface area (Å²) in [5, 5.41) is 3.04. The van der Waals surface area contributed by atoms with Gasteiger partial charge in [-0.1, -0.05) is 12.1 Å². The molecule has 3 rings (SSSR count). The summed E-state index contributed by atoms with van der Waals surface area (Å²) in [4.78, 5) is 14.5. The molecule has 0 spiro atoms. The van der Waals surface area contributed by atoms with E-state index < -0.39 is 0 Å². The second-order valence-corrected chi connectivity index (χ2v) is 6.62. The van der Waals surface area contributed by atoms with Gasteiger partial charge >= 0.3 is 6.03 Å². The molecule has 1 saturated carbocycles. The number of anilines is 1. The van der Waals surface area contributed by atoms with E-state index in [9.17, 15) is 4.79 Å². The largest absolute Gasteiger partial charge is 0.322 e. The van der Waals surface area contributed by atoms with Crippen LogP contribution in [0.5, 0.6) is 0 Å². The van der Waals surface area contributed by atoms with Gasteiger partial charge in [-0.3, -0.25) is 0 Å². The Morgan fingerprint density at radius 2 is 2.26 bits per heavy atom. The third-order valence-corrected chi connectivity index (χ3v) is 4.91. The molecule has 2 amide bonds. The van der Waals surface area contributed by atoms with Gasteiger partial charge in [0, 0.05) is 29.8 Å². The average molecular weight is 276 g/mol. The Labute approximate surface area is 118 Å². The highest BCUT2D eigenvalue weighted by Crippen LogP contribution is 2.38. The van der Waals surface area contributed by atoms with Crippen molar-refractivity contribution in [3.63, 3.8) is 0 Å². The molecule has 0 unspecified atom stereocenters. The molecule has 1 heterocycles. The van der Waals surface area contributed by atoms with Gasteiger partial charge in [0.1, 0.15) is 0 Å². The van der Waals surface area contributed by atoms with Crippen LogP contribution >= 0.6 is 11.8 Å². The summed E-state index contributed by atoms with van der Waals surface area (Å²) in [5.41, 5.74) is 2.07. The first-order valence-corrected chi connectivity index (χ1v) is 8.11. The predicted octanol–water partition coefficient (Wildman–Crippen LogP) is 3.35. The number of rotatable bonds is 2. The summed E-state index contributed by atoms with van der Waals surface area (Å²) in [6.07, 6.45) is 2.58. The molecule has 3 nitrogen and oxygen atoms in total. The molecule has 1 saturated heterocycles. The number of amides is 2. The number of hydrogen-bond donors (Lipinski definition) is 1. The number of thioether (sulfide) groups is 1. The maximum atomic E-state index is 12.4. The van der Waals surface area contributed by atoms with Gasteiger partial charge in [-0.15, -0.1) is 0 Å². The van der Waals surface area contributed by atoms with E-state index in [0.29, 0.717) is 6.04 Å². The molecule has 0 bridgehead atoms. The van der Waals surface area contributed by atoms with Crippen LogP contribution < -0.4 is 5.32 Å². The van der Waals surface area contributed by atoms with Crippen LogP contribution in [0.25, 0.3) is 0 Å². The zero-order valence-electron chi connectivity index (χ0n) is 11.3. The number of urea groups is 1. The van der Waals surface area contributed by atoms with Crippen LogP contribution in [0.4, 0.5) is 10.5 Å². The van der Waals surface area contributed by atoms with E-state index in [-0.39, 0.29) is 6.03 Å². The van der Waals surface area contributed by atoms with Gasteiger partial charge in [0.15, 0.2) is 0 Å². The van der Waals surface area contributed by atoms with Gasteiger partial charge in [-0.2, -0.15) is 11.8 Å². The average Bonchev–Trinajstić information content (AvgIpc) is 3.23. The van der Waals surface area contributed by atoms with Crippen LogP contribution in [0.15, 0.2) is 24.3 Å². The second-order valence-electron chi connectivity index (χ2n) is 5.47. The molecule has 19 heavy (non-hydrogen) atoms. The monoisotopic (exact) mass is 276 g/mol. The van der Waals surface area contributed by atoms with Crippen LogP contribution in [0, 0.1) is 12.8 Å². The Morgan fingerprint density at radius 1 is 1.42 bits per heavy atom. The minimum absolute atomic E-state index is 0.0720. The highest BCUT2D eigenvalue weighted by molar-refractivity contribution is 7.99. The van der Waals surface area contributed by atoms with Crippen LogP contribution in [0.1, 0.15) is 18.4 Å². The fourth-order valence-electron chi connectivity index (χ4n) is 2.66. The number of nitrogens with zero attached hydrogens (tertiary/aromatic N) is 1. The molecule has 1 aromatic rings. The van der Waals surface area contributed by atoms with Crippen molar-refractivity contribution in [2.45, 2.75) is 25.8 Å². The van der Waals surface area contributed by atoms with E-state index >= 15 is 0 Å². The van der Waals surface area contributed by atoms with E-state index in [2.05, 4.69) is 10.2 Å². The maximum absolute atomic E-state index is 12.4. The Bertz CT molecular complexity index is 473. The van der Waals surface area contributed by atoms with Crippen molar-refractivity contribution < 1.29 is 4.79 Å². The van der Waals surface area contributed by atoms with E-state index in [1.165, 1.54) is 18.4 Å². The molecule has 1 atom stereocenters. The third kappa shape index (κ3) is 3.06. The topological polar surface area (TPSA) is 32.3 Å². The van der Waals surface area contributed by atoms with Crippen molar-refractivity contribution in [2.75, 3.05) is 23.4 Å². The van der Waals surface area contributed by atoms with Crippen LogP contribution in [-0.2, 0) is 0 Å². The molecular weight excluding hydrogens is 256 g/mol. The zero-order chi connectivity index (χ0) is 13.2. The van der Waals surface area contributed by atoms with Crippen molar-refractivity contribution in [1.29, 1.82) is 0 Å². The van der Waals surface area contributed by atoms with Gasteiger partial charge in [0.05, 0.1) is 0 Å². The predicted molar refractivity (Wildman–Crippen MR) is 80.7 cm³/mol. The second kappa shape index (κ2) is 5.45. The molecule has 1 aromatic carbocycles. The minimum Gasteiger partial charge on any atom is -0.320 e. The van der Waals surface area contributed by atoms with Crippen LogP contribution in [0.2, 0.25) is 0 Å². The van der Waals surface area contributed by atoms with E-state index in [0.717, 1.165) is 29.7 Å². The highest BCUT2D eigenvalue weighted by Gasteiger charge is 2.38. The standard InChI is InChI=1S/C15H20N2OS/c1-11-3-2-4-13(9-11)16-15(18)17-7-8-19-10-14(17)12-5-6-12/h2-4,9,12,14H,5-8,10H2,1H3,(H,16,18)/t14-/m1/s1. The van der Waals surface area contributed by atoms with Crippen LogP contribution in [-0.4, -0.2) is 35.0 Å². The van der Waals surface area contributed by atoms with E-state index in [4.69, 9.17) is 0 Å². The first-order chi connectivity index (χ1) is 9.24. The van der Waals surface area contributed by atoms with Gasteiger partial charge in [0.25, 0.3) is 0 Å². The molecular formula is C15H20N2OS. The van der Waals surface area contributed by atoms with Gasteiger partial charge in [0.2, 0.25) is 0 Å². The van der Waals surface area contributed by atoms with E-state index in [1.807, 2.05) is 43.0 Å². The number of aryl methyl sites for hydroxylation is 1. The molecule has 2 fully saturated rings. The quantitative estimate of drug-likeness (QED) is 0.898. The Balaban J connectivity index is 1.68. The summed E-state index contributed by atoms with van der Waals surface area (Å²) in [7, 11) is 0. The summed E-state index contributed by atoms with van der Waals surface area (Å²) in [6.45, 7) is 2.92. The lowest BCUT2D eigenvalue weighted by atomic mass is 10.2. The molecule has 1 aliphatic heterocycles. The Hall–Kier alpha value is -1.16. The number of nitrogens with one attached hydrogen (secondary N) is 1. The summed E-state index contributed by atoms with van der Waals surface area (Å²) in [6, 6.07) is 8.51. The third-order valence-electron chi connectivity index (χ3n) is 3.86. The summed E-state index contributed by atoms with van der Waals surface area (Å²) < 4.78 is 0. The Kier molecular flexibility index (Phi) is 3.69. The summed E-state index contributed by atoms with van der Waals surface area (Å²) >= 11 is 1.98. The van der Waals surface area contributed by atoms with Gasteiger partial charge in [-0.25, -0.2) is 4.79 Å². The maximum Gasteiger partial charge on any atom is 0.322 e. The molecule has 4 heteroatoms. The van der Waals surface area contributed by atoms with Crippen molar-refractivity contribution in [1.82, 2.24) is 4.90 Å². The molecule has 0 radical (unpaired) electrons. The smallest absolute Gasteiger partial charge is 0.320 e. The van der Waals surface area contributed by atoms with E-state index in [1.54, 1.807) is 0 Å². The van der Waals surface area contributed by atoms with Crippen LogP contribution in [0.3, 0.4) is 0 Å². The summed E-state index contributed by atoms with van der Waals surface area (Å²) in [5.74, 6) is 2.91. The molecule has 102 valence electrons. The number of carbonyl (C=O) groups excluding carboxylic acids is 1. The normalized spacial score (nSPS) is 23.2. The van der Waals surface area contributed by atoms with Crippen molar-refractivity contribution >= 4 is 23.5 Å². The first-order valence-electron chi connectivity index (χ1n) is 6.96. The lowest BCUT2D eigenvalue weighted by Crippen LogP contribution is -2.49. The van der Waals surface area contributed by atoms with Crippen molar-refractivity contribution in [2.24, 2.45) is 5.92 Å². The minimum atomic E-state index is 0.0720. The molecule has 1 aliphatic carbocycles.